The molecule has 0 N–H and O–H groups in total. The van der Waals surface area contributed by atoms with Gasteiger partial charge in [-0.3, -0.25) is 4.79 Å². The molecule has 0 amide bonds. The van der Waals surface area contributed by atoms with Crippen molar-refractivity contribution < 1.29 is 56.1 Å². The van der Waals surface area contributed by atoms with E-state index < -0.39 is 67.5 Å². The number of ether oxygens (including phenoxy) is 6. The summed E-state index contributed by atoms with van der Waals surface area (Å²) in [6, 6.07) is 9.23. The number of alkyl halides is 1. The van der Waals surface area contributed by atoms with Crippen LogP contribution in [-0.2, 0) is 51.3 Å². The predicted octanol–water partition coefficient (Wildman–Crippen LogP) is 16.5. The molecule has 5 aliphatic rings. The third-order valence-electron chi connectivity index (χ3n) is 21.4. The van der Waals surface area contributed by atoms with E-state index in [1.165, 1.54) is 5.57 Å². The van der Waals surface area contributed by atoms with E-state index in [0.29, 0.717) is 55.9 Å². The number of carbonyl (C=O) groups excluding carboxylic acids is 3. The topological polar surface area (TPSA) is 134 Å². The highest BCUT2D eigenvalue weighted by Crippen LogP contribution is 2.49. The molecule has 16 heteroatoms. The maximum Gasteiger partial charge on any atom is 0.338 e. The molecular weight excluding hydrogens is 1220 g/mol. The van der Waals surface area contributed by atoms with Crippen molar-refractivity contribution in [1.82, 2.24) is 0 Å². The third-order valence-corrected chi connectivity index (χ3v) is 36.1. The largest absolute Gasteiger partial charge is 0.455 e. The third kappa shape index (κ3) is 18.0. The minimum Gasteiger partial charge on any atom is -0.455 e. The van der Waals surface area contributed by atoms with E-state index >= 15 is 0 Å². The Bertz CT molecular complexity index is 2340. The summed E-state index contributed by atoms with van der Waals surface area (Å²) in [4.78, 5) is 40.6. The molecule has 84 heavy (non-hydrogen) atoms. The number of carbonyl (C=O) groups is 3. The van der Waals surface area contributed by atoms with E-state index in [0.717, 1.165) is 49.2 Å². The van der Waals surface area contributed by atoms with Crippen LogP contribution in [0.1, 0.15) is 191 Å². The van der Waals surface area contributed by atoms with Crippen LogP contribution in [0.15, 0.2) is 54.6 Å². The summed E-state index contributed by atoms with van der Waals surface area (Å²) >= 11 is 2.49. The summed E-state index contributed by atoms with van der Waals surface area (Å²) in [5.74, 6) is 0.745. The number of esters is 1. The van der Waals surface area contributed by atoms with Crippen LogP contribution in [-0.4, -0.2) is 132 Å². The number of aldehydes is 1. The van der Waals surface area contributed by atoms with Gasteiger partial charge in [0.2, 0.25) is 0 Å². The molecule has 0 spiro atoms. The number of rotatable bonds is 27. The standard InChI is InChI=1S/C68H115IO12Si3/c1-22-45(4)38-58-47(6)54(55(76-58)36-37-70)41-49(71)40-51-31-33-56-60(74-51)62(80-83(18,19)66(10,11)12)63(81-84(20,21)67(13,14)15)61(77-56)57(79-82(16,17)65(7,8)9)34-30-50(75-64(72)48-26-24-23-25-27-48)28-29-53-42-68(43-69)59(73-53)35-32-52(78-68)39-46(5)44(2)3/h23-27,30,34,37,45-47,50-63H,2,22,28-29,31-33,35-36,38-43H2,1,3-21H3/b34-30+/t45-,46-,47-,50?,51-,52-,53?,54-,55+,56+,57+,58-,59+,60+,61+,62+,63-,68-/m1/s1. The maximum atomic E-state index is 14.4. The molecule has 5 heterocycles. The lowest BCUT2D eigenvalue weighted by Crippen LogP contribution is -2.69. The van der Waals surface area contributed by atoms with Crippen LogP contribution < -0.4 is 0 Å². The van der Waals surface area contributed by atoms with Gasteiger partial charge < -0.3 is 46.5 Å². The number of ketones is 1. The Labute approximate surface area is 526 Å². The summed E-state index contributed by atoms with van der Waals surface area (Å²) in [7, 11) is -7.81. The van der Waals surface area contributed by atoms with Gasteiger partial charge in [-0.15, -0.1) is 0 Å². The summed E-state index contributed by atoms with van der Waals surface area (Å²) in [6.45, 7) is 49.3. The highest BCUT2D eigenvalue weighted by Gasteiger charge is 2.59. The second kappa shape index (κ2) is 29.2. The zero-order valence-electron chi connectivity index (χ0n) is 55.8. The molecule has 5 fully saturated rings. The summed E-state index contributed by atoms with van der Waals surface area (Å²) in [6.07, 6.45) is 9.62. The molecule has 18 atom stereocenters. The molecule has 0 radical (unpaired) electrons. The first-order valence-electron chi connectivity index (χ1n) is 32.4. The summed E-state index contributed by atoms with van der Waals surface area (Å²) in [5.41, 5.74) is 1.31. The number of halogens is 1. The quantitative estimate of drug-likeness (QED) is 0.0207. The van der Waals surface area contributed by atoms with Crippen molar-refractivity contribution in [2.45, 2.75) is 320 Å². The molecule has 5 aliphatic heterocycles. The van der Waals surface area contributed by atoms with Gasteiger partial charge in [0.25, 0.3) is 0 Å². The van der Waals surface area contributed by atoms with Crippen LogP contribution in [0.3, 0.4) is 0 Å². The first-order chi connectivity index (χ1) is 38.9. The lowest BCUT2D eigenvalue weighted by molar-refractivity contribution is -0.266. The Kier molecular flexibility index (Phi) is 24.9. The van der Waals surface area contributed by atoms with Crippen molar-refractivity contribution in [3.63, 3.8) is 0 Å². The van der Waals surface area contributed by atoms with Crippen molar-refractivity contribution >= 4 is 65.6 Å². The first-order valence-corrected chi connectivity index (χ1v) is 42.6. The first kappa shape index (κ1) is 71.6. The minimum atomic E-state index is -2.63. The molecule has 6 rings (SSSR count). The maximum absolute atomic E-state index is 14.4. The average Bonchev–Trinajstić information content (AvgIpc) is 2.54. The Morgan fingerprint density at radius 1 is 0.774 bits per heavy atom. The van der Waals surface area contributed by atoms with E-state index in [-0.39, 0.29) is 87.5 Å². The molecule has 0 bridgehead atoms. The second-order valence-electron chi connectivity index (χ2n) is 31.0. The van der Waals surface area contributed by atoms with Crippen LogP contribution in [0, 0.1) is 23.7 Å². The fraction of sp³-hybridized carbons (Fsp3) is 0.809. The van der Waals surface area contributed by atoms with Gasteiger partial charge in [0.15, 0.2) is 25.0 Å². The van der Waals surface area contributed by atoms with Crippen molar-refractivity contribution in [3.05, 3.63) is 60.2 Å². The zero-order valence-corrected chi connectivity index (χ0v) is 61.0. The number of hydrogen-bond acceptors (Lipinski definition) is 12. The SMILES string of the molecule is C=C(C)[C@H](C)C[C@H]1CC[C@@H]2OC(CCC(/C=C/[C@H](O[Si](C)(C)C(C)(C)C)[C@@H]3O[C@H]4CC[C@H](CC(=O)C[C@@H]5[C@@H](C)[C@@H](C[C@H](C)CC)O[C@H]5CC=O)O[C@@H]4[C@H](O[Si](C)(C)C(C)(C)C)[C@@H]3O[Si](C)(C)C(C)(C)C)OC(=O)c3ccccc3)C[C@]2(CI)O1. The predicted molar refractivity (Wildman–Crippen MR) is 355 cm³/mol. The van der Waals surface area contributed by atoms with E-state index in [1.807, 2.05) is 24.3 Å². The fourth-order valence-corrected chi connectivity index (χ4v) is 17.2. The van der Waals surface area contributed by atoms with Gasteiger partial charge in [-0.25, -0.2) is 4.79 Å². The number of allylic oxidation sites excluding steroid dienone is 1. The van der Waals surface area contributed by atoms with Gasteiger partial charge in [0, 0.05) is 30.1 Å². The van der Waals surface area contributed by atoms with E-state index in [1.54, 1.807) is 12.1 Å². The molecule has 478 valence electrons. The molecule has 1 aromatic rings. The number of benzene rings is 1. The van der Waals surface area contributed by atoms with Crippen molar-refractivity contribution in [2.24, 2.45) is 23.7 Å². The summed E-state index contributed by atoms with van der Waals surface area (Å²) in [5, 5.41) is -0.509. The zero-order chi connectivity index (χ0) is 62.5. The number of hydrogen-bond donors (Lipinski definition) is 0. The van der Waals surface area contributed by atoms with Gasteiger partial charge in [-0.05, 0) is 155 Å². The van der Waals surface area contributed by atoms with Crippen LogP contribution >= 0.6 is 22.6 Å². The monoisotopic (exact) mass is 1330 g/mol. The van der Waals surface area contributed by atoms with Gasteiger partial charge in [-0.1, -0.05) is 155 Å². The molecule has 1 aromatic carbocycles. The molecule has 0 aliphatic carbocycles. The highest BCUT2D eigenvalue weighted by molar-refractivity contribution is 14.1. The highest BCUT2D eigenvalue weighted by atomic mass is 127. The Balaban J connectivity index is 1.37. The Morgan fingerprint density at radius 3 is 1.98 bits per heavy atom. The average molecular weight is 1340 g/mol. The van der Waals surface area contributed by atoms with E-state index in [9.17, 15) is 14.4 Å². The second-order valence-corrected chi connectivity index (χ2v) is 46.1. The van der Waals surface area contributed by atoms with Gasteiger partial charge >= 0.3 is 5.97 Å². The van der Waals surface area contributed by atoms with Crippen LogP contribution in [0.4, 0.5) is 0 Å². The van der Waals surface area contributed by atoms with Crippen molar-refractivity contribution in [2.75, 3.05) is 4.43 Å². The van der Waals surface area contributed by atoms with E-state index in [4.69, 9.17) is 41.7 Å². The van der Waals surface area contributed by atoms with Crippen molar-refractivity contribution in [1.29, 1.82) is 0 Å². The Hall–Kier alpha value is -1.43. The van der Waals surface area contributed by atoms with E-state index in [2.05, 4.69) is 171 Å². The number of Topliss-reactive ketones (excluding diaryl/α,β-unsaturated/α-hetero) is 1. The minimum absolute atomic E-state index is 0.00953. The fourth-order valence-electron chi connectivity index (χ4n) is 12.3. The molecular formula is C68H115IO12Si3. The lowest BCUT2D eigenvalue weighted by atomic mass is 9.80. The molecule has 2 unspecified atom stereocenters. The summed E-state index contributed by atoms with van der Waals surface area (Å²) < 4.78 is 66.1. The van der Waals surface area contributed by atoms with Gasteiger partial charge in [0.1, 0.15) is 48.2 Å². The van der Waals surface area contributed by atoms with Gasteiger partial charge in [-0.2, -0.15) is 0 Å². The van der Waals surface area contributed by atoms with Crippen LogP contribution in [0.25, 0.3) is 0 Å². The number of fused-ring (bicyclic) bond motifs is 2. The van der Waals surface area contributed by atoms with Crippen molar-refractivity contribution in [3.8, 4) is 0 Å². The molecule has 12 nitrogen and oxygen atoms in total. The van der Waals surface area contributed by atoms with Crippen LogP contribution in [0.5, 0.6) is 0 Å². The van der Waals surface area contributed by atoms with Crippen LogP contribution in [0.2, 0.25) is 54.4 Å². The Morgan fingerprint density at radius 2 is 1.39 bits per heavy atom. The molecule has 0 saturated carbocycles. The molecule has 0 aromatic heterocycles. The molecule has 5 saturated heterocycles. The smallest absolute Gasteiger partial charge is 0.338 e. The lowest BCUT2D eigenvalue weighted by Gasteiger charge is -2.56. The normalized spacial score (nSPS) is 32.3. The van der Waals surface area contributed by atoms with Gasteiger partial charge in [0.05, 0.1) is 54.4 Å².